The van der Waals surface area contributed by atoms with E-state index in [1.807, 2.05) is 12.1 Å². The summed E-state index contributed by atoms with van der Waals surface area (Å²) in [4.78, 5) is 12.5. The lowest BCUT2D eigenvalue weighted by molar-refractivity contribution is 0.100. The van der Waals surface area contributed by atoms with Crippen LogP contribution in [0.15, 0.2) is 35.7 Å². The summed E-state index contributed by atoms with van der Waals surface area (Å²) in [7, 11) is 0. The highest BCUT2D eigenvalue weighted by atomic mass is 35.5. The summed E-state index contributed by atoms with van der Waals surface area (Å²) in [5, 5.41) is 5.83. The van der Waals surface area contributed by atoms with E-state index in [2.05, 4.69) is 23.7 Å². The summed E-state index contributed by atoms with van der Waals surface area (Å²) in [6.07, 6.45) is 0.953. The van der Waals surface area contributed by atoms with Gasteiger partial charge in [0.15, 0.2) is 0 Å². The van der Waals surface area contributed by atoms with Crippen molar-refractivity contribution in [2.24, 2.45) is 5.73 Å². The summed E-state index contributed by atoms with van der Waals surface area (Å²) in [6.45, 7) is 2.11. The quantitative estimate of drug-likeness (QED) is 0.873. The van der Waals surface area contributed by atoms with Gasteiger partial charge >= 0.3 is 0 Å². The van der Waals surface area contributed by atoms with Crippen LogP contribution >= 0.6 is 22.9 Å². The average molecular weight is 295 g/mol. The van der Waals surface area contributed by atoms with Crippen LogP contribution in [0.5, 0.6) is 0 Å². The molecule has 100 valence electrons. The standard InChI is InChI=1S/C14H15ClN2OS/c1-2-12(13-4-3-7-19-13)17-9-5-6-11(15)10(8-9)14(16)18/h3-8,12,17H,2H2,1H3,(H2,16,18). The van der Waals surface area contributed by atoms with Gasteiger partial charge in [0.25, 0.3) is 0 Å². The number of thiophene rings is 1. The molecule has 1 amide bonds. The van der Waals surface area contributed by atoms with Crippen molar-refractivity contribution in [1.29, 1.82) is 0 Å². The Morgan fingerprint density at radius 3 is 2.84 bits per heavy atom. The van der Waals surface area contributed by atoms with Crippen molar-refractivity contribution in [1.82, 2.24) is 0 Å². The van der Waals surface area contributed by atoms with Crippen molar-refractivity contribution in [2.75, 3.05) is 5.32 Å². The molecule has 0 bridgehead atoms. The Morgan fingerprint density at radius 2 is 2.26 bits per heavy atom. The van der Waals surface area contributed by atoms with Gasteiger partial charge in [-0.25, -0.2) is 0 Å². The van der Waals surface area contributed by atoms with Crippen LogP contribution in [0, 0.1) is 0 Å². The summed E-state index contributed by atoms with van der Waals surface area (Å²) in [5.74, 6) is -0.516. The number of carbonyl (C=O) groups excluding carboxylic acids is 1. The number of halogens is 1. The van der Waals surface area contributed by atoms with Gasteiger partial charge in [-0.05, 0) is 36.1 Å². The Morgan fingerprint density at radius 1 is 1.47 bits per heavy atom. The van der Waals surface area contributed by atoms with E-state index in [1.54, 1.807) is 23.5 Å². The molecule has 1 unspecified atom stereocenters. The van der Waals surface area contributed by atoms with Crippen LogP contribution in [0.1, 0.15) is 34.6 Å². The molecule has 3 N–H and O–H groups in total. The summed E-state index contributed by atoms with van der Waals surface area (Å²) in [5.41, 5.74) is 6.48. The minimum Gasteiger partial charge on any atom is -0.377 e. The van der Waals surface area contributed by atoms with E-state index in [0.717, 1.165) is 12.1 Å². The highest BCUT2D eigenvalue weighted by Gasteiger charge is 2.12. The third-order valence-corrected chi connectivity index (χ3v) is 4.18. The molecule has 1 aromatic heterocycles. The molecule has 2 rings (SSSR count). The second kappa shape index (κ2) is 6.08. The third kappa shape index (κ3) is 3.28. The van der Waals surface area contributed by atoms with E-state index in [4.69, 9.17) is 17.3 Å². The van der Waals surface area contributed by atoms with Gasteiger partial charge in [0.05, 0.1) is 16.6 Å². The fourth-order valence-corrected chi connectivity index (χ4v) is 2.94. The maximum absolute atomic E-state index is 11.3. The fourth-order valence-electron chi connectivity index (χ4n) is 1.87. The van der Waals surface area contributed by atoms with Crippen LogP contribution in [0.25, 0.3) is 0 Å². The Hall–Kier alpha value is -1.52. The maximum atomic E-state index is 11.3. The number of anilines is 1. The second-order valence-corrected chi connectivity index (χ2v) is 5.57. The molecule has 1 heterocycles. The zero-order valence-corrected chi connectivity index (χ0v) is 12.1. The number of carbonyl (C=O) groups is 1. The zero-order valence-electron chi connectivity index (χ0n) is 10.5. The van der Waals surface area contributed by atoms with E-state index < -0.39 is 5.91 Å². The molecule has 0 saturated carbocycles. The third-order valence-electron chi connectivity index (χ3n) is 2.87. The molecule has 19 heavy (non-hydrogen) atoms. The minimum absolute atomic E-state index is 0.224. The zero-order chi connectivity index (χ0) is 13.8. The van der Waals surface area contributed by atoms with Crippen LogP contribution < -0.4 is 11.1 Å². The molecule has 0 saturated heterocycles. The first kappa shape index (κ1) is 13.9. The van der Waals surface area contributed by atoms with Gasteiger partial charge in [-0.15, -0.1) is 11.3 Å². The van der Waals surface area contributed by atoms with E-state index in [1.165, 1.54) is 4.88 Å². The summed E-state index contributed by atoms with van der Waals surface area (Å²) >= 11 is 7.64. The van der Waals surface area contributed by atoms with Crippen molar-refractivity contribution < 1.29 is 4.79 Å². The molecule has 1 aromatic carbocycles. The van der Waals surface area contributed by atoms with Gasteiger partial charge in [-0.3, -0.25) is 4.79 Å². The normalized spacial score (nSPS) is 12.1. The van der Waals surface area contributed by atoms with Crippen molar-refractivity contribution >= 4 is 34.5 Å². The molecule has 0 aliphatic rings. The highest BCUT2D eigenvalue weighted by Crippen LogP contribution is 2.28. The van der Waals surface area contributed by atoms with E-state index in [0.29, 0.717) is 10.6 Å². The monoisotopic (exact) mass is 294 g/mol. The van der Waals surface area contributed by atoms with Crippen molar-refractivity contribution in [3.05, 3.63) is 51.2 Å². The SMILES string of the molecule is CCC(Nc1ccc(Cl)c(C(N)=O)c1)c1cccs1. The van der Waals surface area contributed by atoms with Crippen molar-refractivity contribution in [2.45, 2.75) is 19.4 Å². The van der Waals surface area contributed by atoms with Gasteiger partial charge in [-0.1, -0.05) is 24.6 Å². The Kier molecular flexibility index (Phi) is 4.45. The number of rotatable bonds is 5. The van der Waals surface area contributed by atoms with Crippen LogP contribution in [-0.4, -0.2) is 5.91 Å². The number of benzene rings is 1. The second-order valence-electron chi connectivity index (χ2n) is 4.18. The molecule has 0 fully saturated rings. The molecule has 3 nitrogen and oxygen atoms in total. The van der Waals surface area contributed by atoms with E-state index in [9.17, 15) is 4.79 Å². The smallest absolute Gasteiger partial charge is 0.250 e. The number of hydrogen-bond acceptors (Lipinski definition) is 3. The van der Waals surface area contributed by atoms with Crippen molar-refractivity contribution in [3.8, 4) is 0 Å². The largest absolute Gasteiger partial charge is 0.377 e. The van der Waals surface area contributed by atoms with Crippen LogP contribution in [0.2, 0.25) is 5.02 Å². The lowest BCUT2D eigenvalue weighted by Gasteiger charge is -2.17. The van der Waals surface area contributed by atoms with Gasteiger partial charge < -0.3 is 11.1 Å². The molecular weight excluding hydrogens is 280 g/mol. The first-order valence-corrected chi connectivity index (χ1v) is 7.27. The maximum Gasteiger partial charge on any atom is 0.250 e. The lowest BCUT2D eigenvalue weighted by atomic mass is 10.1. The number of amides is 1. The lowest BCUT2D eigenvalue weighted by Crippen LogP contribution is -2.13. The first-order chi connectivity index (χ1) is 9.11. The topological polar surface area (TPSA) is 55.1 Å². The van der Waals surface area contributed by atoms with E-state index >= 15 is 0 Å². The predicted octanol–water partition coefficient (Wildman–Crippen LogP) is 4.06. The van der Waals surface area contributed by atoms with Crippen LogP contribution in [0.4, 0.5) is 5.69 Å². The Bertz CT molecular complexity index is 569. The first-order valence-electron chi connectivity index (χ1n) is 6.01. The molecule has 2 aromatic rings. The molecule has 0 radical (unpaired) electrons. The van der Waals surface area contributed by atoms with Gasteiger partial charge in [-0.2, -0.15) is 0 Å². The van der Waals surface area contributed by atoms with Crippen LogP contribution in [0.3, 0.4) is 0 Å². The molecule has 1 atom stereocenters. The number of nitrogens with two attached hydrogens (primary N) is 1. The van der Waals surface area contributed by atoms with Gasteiger partial charge in [0, 0.05) is 10.6 Å². The molecule has 0 aliphatic heterocycles. The number of hydrogen-bond donors (Lipinski definition) is 2. The Balaban J connectivity index is 2.23. The minimum atomic E-state index is -0.516. The molecular formula is C14H15ClN2OS. The highest BCUT2D eigenvalue weighted by molar-refractivity contribution is 7.10. The molecule has 0 spiro atoms. The number of nitrogens with one attached hydrogen (secondary N) is 1. The van der Waals surface area contributed by atoms with Crippen LogP contribution in [-0.2, 0) is 0 Å². The van der Waals surface area contributed by atoms with Crippen molar-refractivity contribution in [3.63, 3.8) is 0 Å². The predicted molar refractivity (Wildman–Crippen MR) is 80.9 cm³/mol. The molecule has 5 heteroatoms. The van der Waals surface area contributed by atoms with Gasteiger partial charge in [0.2, 0.25) is 5.91 Å². The fraction of sp³-hybridized carbons (Fsp3) is 0.214. The average Bonchev–Trinajstić information content (AvgIpc) is 2.91. The van der Waals surface area contributed by atoms with Gasteiger partial charge in [0.1, 0.15) is 0 Å². The number of primary amides is 1. The Labute approximate surface area is 121 Å². The molecule has 0 aliphatic carbocycles. The summed E-state index contributed by atoms with van der Waals surface area (Å²) < 4.78 is 0. The van der Waals surface area contributed by atoms with E-state index in [-0.39, 0.29) is 6.04 Å². The summed E-state index contributed by atoms with van der Waals surface area (Å²) in [6, 6.07) is 9.58.